The first kappa shape index (κ1) is 20.1. The Morgan fingerprint density at radius 1 is 1.31 bits per heavy atom. The third kappa shape index (κ3) is 3.95. The van der Waals surface area contributed by atoms with Crippen molar-refractivity contribution < 1.29 is 18.0 Å². The summed E-state index contributed by atoms with van der Waals surface area (Å²) in [5.41, 5.74) is -1.50. The normalized spacial score (nSPS) is 22.7. The minimum Gasteiger partial charge on any atom is -0.348 e. The van der Waals surface area contributed by atoms with Gasteiger partial charge in [-0.25, -0.2) is 0 Å². The second-order valence-corrected chi connectivity index (χ2v) is 8.14. The van der Waals surface area contributed by atoms with Crippen LogP contribution in [0.15, 0.2) is 30.3 Å². The SMILES string of the molecule is O=C(NCc1n[nH]c(=S)n1C1CC1)C1(C(F)(F)F)CCN(Cc2ccccc2)C1. The van der Waals surface area contributed by atoms with Crippen molar-refractivity contribution in [2.24, 2.45) is 5.41 Å². The molecular weight excluding hydrogens is 403 g/mol. The summed E-state index contributed by atoms with van der Waals surface area (Å²) in [4.78, 5) is 14.4. The van der Waals surface area contributed by atoms with Crippen molar-refractivity contribution in [1.82, 2.24) is 25.0 Å². The van der Waals surface area contributed by atoms with Crippen LogP contribution >= 0.6 is 12.2 Å². The van der Waals surface area contributed by atoms with Gasteiger partial charge in [-0.15, -0.1) is 0 Å². The van der Waals surface area contributed by atoms with Crippen LogP contribution < -0.4 is 5.32 Å². The zero-order chi connectivity index (χ0) is 20.6. The number of nitrogens with zero attached hydrogens (tertiary/aromatic N) is 3. The highest BCUT2D eigenvalue weighted by atomic mass is 32.1. The number of alkyl halides is 3. The van der Waals surface area contributed by atoms with E-state index in [1.807, 2.05) is 30.3 Å². The quantitative estimate of drug-likeness (QED) is 0.697. The van der Waals surface area contributed by atoms with Crippen molar-refractivity contribution in [3.63, 3.8) is 0 Å². The molecule has 29 heavy (non-hydrogen) atoms. The van der Waals surface area contributed by atoms with Crippen LogP contribution in [0, 0.1) is 10.2 Å². The van der Waals surface area contributed by atoms with Crippen molar-refractivity contribution in [2.45, 2.75) is 44.6 Å². The fourth-order valence-electron chi connectivity index (χ4n) is 3.91. The highest BCUT2D eigenvalue weighted by Gasteiger charge is 2.62. The number of halogens is 3. The van der Waals surface area contributed by atoms with Crippen LogP contribution in [0.1, 0.15) is 36.7 Å². The van der Waals surface area contributed by atoms with Gasteiger partial charge < -0.3 is 5.32 Å². The van der Waals surface area contributed by atoms with E-state index in [1.165, 1.54) is 0 Å². The fraction of sp³-hybridized carbons (Fsp3) is 0.526. The lowest BCUT2D eigenvalue weighted by Gasteiger charge is -2.30. The van der Waals surface area contributed by atoms with Crippen molar-refractivity contribution in [3.05, 3.63) is 46.5 Å². The van der Waals surface area contributed by atoms with Crippen molar-refractivity contribution in [3.8, 4) is 0 Å². The van der Waals surface area contributed by atoms with Crippen LogP contribution in [0.3, 0.4) is 0 Å². The molecule has 1 atom stereocenters. The fourth-order valence-corrected chi connectivity index (χ4v) is 4.21. The number of hydrogen-bond donors (Lipinski definition) is 2. The third-order valence-electron chi connectivity index (χ3n) is 5.67. The van der Waals surface area contributed by atoms with Gasteiger partial charge in [-0.2, -0.15) is 18.3 Å². The molecule has 1 aromatic carbocycles. The molecule has 1 aromatic heterocycles. The van der Waals surface area contributed by atoms with Gasteiger partial charge in [-0.3, -0.25) is 19.4 Å². The van der Waals surface area contributed by atoms with Gasteiger partial charge in [0.25, 0.3) is 0 Å². The predicted octanol–water partition coefficient (Wildman–Crippen LogP) is 3.35. The van der Waals surface area contributed by atoms with E-state index in [1.54, 1.807) is 9.47 Å². The molecule has 0 bridgehead atoms. The van der Waals surface area contributed by atoms with Crippen LogP contribution in [0.4, 0.5) is 13.2 Å². The number of amides is 1. The second-order valence-electron chi connectivity index (χ2n) is 7.75. The number of benzene rings is 1. The van der Waals surface area contributed by atoms with E-state index in [9.17, 15) is 18.0 Å². The van der Waals surface area contributed by atoms with E-state index < -0.39 is 17.5 Å². The summed E-state index contributed by atoms with van der Waals surface area (Å²) >= 11 is 5.18. The Kier molecular flexibility index (Phi) is 5.24. The number of H-pyrrole nitrogens is 1. The number of aromatic nitrogens is 3. The van der Waals surface area contributed by atoms with Gasteiger partial charge in [-0.1, -0.05) is 30.3 Å². The second kappa shape index (κ2) is 7.56. The summed E-state index contributed by atoms with van der Waals surface area (Å²) in [5, 5.41) is 9.20. The largest absolute Gasteiger partial charge is 0.404 e. The molecule has 0 radical (unpaired) electrons. The van der Waals surface area contributed by atoms with E-state index in [0.29, 0.717) is 17.1 Å². The number of likely N-dealkylation sites (tertiary alicyclic amines) is 1. The van der Waals surface area contributed by atoms with Crippen molar-refractivity contribution in [1.29, 1.82) is 0 Å². The maximum absolute atomic E-state index is 14.0. The molecule has 1 aliphatic heterocycles. The van der Waals surface area contributed by atoms with Gasteiger partial charge in [0.2, 0.25) is 5.91 Å². The lowest BCUT2D eigenvalue weighted by atomic mass is 9.85. The molecule has 156 valence electrons. The summed E-state index contributed by atoms with van der Waals surface area (Å²) in [5.74, 6) is -0.542. The van der Waals surface area contributed by atoms with Crippen LogP contribution in [0.2, 0.25) is 0 Å². The van der Waals surface area contributed by atoms with E-state index >= 15 is 0 Å². The van der Waals surface area contributed by atoms with Crippen LogP contribution in [-0.2, 0) is 17.9 Å². The number of aromatic amines is 1. The maximum atomic E-state index is 14.0. The highest BCUT2D eigenvalue weighted by molar-refractivity contribution is 7.71. The van der Waals surface area contributed by atoms with E-state index in [0.717, 1.165) is 18.4 Å². The van der Waals surface area contributed by atoms with Crippen molar-refractivity contribution >= 4 is 18.1 Å². The lowest BCUT2D eigenvalue weighted by Crippen LogP contribution is -2.52. The number of carbonyl (C=O) groups excluding carboxylic acids is 1. The molecule has 2 fully saturated rings. The van der Waals surface area contributed by atoms with Gasteiger partial charge in [0.1, 0.15) is 0 Å². The molecule has 1 saturated carbocycles. The van der Waals surface area contributed by atoms with Crippen LogP contribution in [-0.4, -0.2) is 44.8 Å². The van der Waals surface area contributed by atoms with Gasteiger partial charge >= 0.3 is 6.18 Å². The molecule has 1 aliphatic carbocycles. The van der Waals surface area contributed by atoms with Crippen molar-refractivity contribution in [2.75, 3.05) is 13.1 Å². The Hall–Kier alpha value is -2.20. The molecule has 0 spiro atoms. The molecule has 4 rings (SSSR count). The molecule has 1 saturated heterocycles. The zero-order valence-corrected chi connectivity index (χ0v) is 16.5. The molecule has 1 unspecified atom stereocenters. The van der Waals surface area contributed by atoms with E-state index in [4.69, 9.17) is 12.2 Å². The number of carbonyl (C=O) groups is 1. The average molecular weight is 425 g/mol. The molecule has 2 aromatic rings. The number of rotatable bonds is 6. The smallest absolute Gasteiger partial charge is 0.348 e. The first-order chi connectivity index (χ1) is 13.8. The summed E-state index contributed by atoms with van der Waals surface area (Å²) in [7, 11) is 0. The lowest BCUT2D eigenvalue weighted by molar-refractivity contribution is -0.218. The molecule has 2 heterocycles. The Bertz CT molecular complexity index is 937. The number of hydrogen-bond acceptors (Lipinski definition) is 4. The predicted molar refractivity (Wildman–Crippen MR) is 102 cm³/mol. The maximum Gasteiger partial charge on any atom is 0.404 e. The molecular formula is C19H22F3N5OS. The Morgan fingerprint density at radius 2 is 2.03 bits per heavy atom. The summed E-state index contributed by atoms with van der Waals surface area (Å²) in [6.07, 6.45) is -2.99. The van der Waals surface area contributed by atoms with E-state index in [2.05, 4.69) is 15.5 Å². The monoisotopic (exact) mass is 425 g/mol. The summed E-state index contributed by atoms with van der Waals surface area (Å²) < 4.78 is 44.2. The summed E-state index contributed by atoms with van der Waals surface area (Å²) in [6, 6.07) is 9.52. The Morgan fingerprint density at radius 3 is 2.69 bits per heavy atom. The molecule has 2 aliphatic rings. The van der Waals surface area contributed by atoms with Crippen LogP contribution in [0.5, 0.6) is 0 Å². The standard InChI is InChI=1S/C19H22F3N5OS/c20-19(21,22)18(8-9-26(12-18)11-13-4-2-1-3-5-13)16(28)23-10-15-24-25-17(29)27(15)14-6-7-14/h1-5,14H,6-12H2,(H,23,28)(H,25,29). The van der Waals surface area contributed by atoms with Crippen LogP contribution in [0.25, 0.3) is 0 Å². The molecule has 10 heteroatoms. The zero-order valence-electron chi connectivity index (χ0n) is 15.7. The molecule has 2 N–H and O–H groups in total. The van der Waals surface area contributed by atoms with E-state index in [-0.39, 0.29) is 32.1 Å². The average Bonchev–Trinajstić information content (AvgIpc) is 3.30. The van der Waals surface area contributed by atoms with Gasteiger partial charge in [0.05, 0.1) is 6.54 Å². The topological polar surface area (TPSA) is 66.0 Å². The van der Waals surface area contributed by atoms with Gasteiger partial charge in [-0.05, 0) is 43.6 Å². The van der Waals surface area contributed by atoms with Gasteiger partial charge in [0.15, 0.2) is 16.0 Å². The Labute approximate surface area is 171 Å². The molecule has 6 nitrogen and oxygen atoms in total. The number of nitrogens with one attached hydrogen (secondary N) is 2. The first-order valence-corrected chi connectivity index (χ1v) is 9.98. The highest BCUT2D eigenvalue weighted by Crippen LogP contribution is 2.46. The molecule has 1 amide bonds. The minimum atomic E-state index is -4.64. The first-order valence-electron chi connectivity index (χ1n) is 9.57. The third-order valence-corrected chi connectivity index (χ3v) is 5.96. The summed E-state index contributed by atoms with van der Waals surface area (Å²) in [6.45, 7) is 0.153. The Balaban J connectivity index is 1.47. The van der Waals surface area contributed by atoms with Gasteiger partial charge in [0, 0.05) is 19.1 Å². The minimum absolute atomic E-state index is 0.0843.